The van der Waals surface area contributed by atoms with Crippen molar-refractivity contribution in [3.8, 4) is 5.75 Å². The Bertz CT molecular complexity index is 340. The maximum absolute atomic E-state index is 6.02. The van der Waals surface area contributed by atoms with Crippen molar-refractivity contribution in [2.45, 2.75) is 31.7 Å². The molecule has 3 nitrogen and oxygen atoms in total. The maximum Gasteiger partial charge on any atom is 0.137 e. The Hall–Kier alpha value is -1.09. The molecule has 1 saturated carbocycles. The summed E-state index contributed by atoms with van der Waals surface area (Å²) in [4.78, 5) is 4.19. The average Bonchev–Trinajstić information content (AvgIpc) is 2.60. The SMILES string of the molecule is COc1cncc(C2CCC(N)C2C)c1. The van der Waals surface area contributed by atoms with Gasteiger partial charge in [-0.2, -0.15) is 0 Å². The van der Waals surface area contributed by atoms with Crippen LogP contribution in [0, 0.1) is 5.92 Å². The van der Waals surface area contributed by atoms with E-state index in [1.807, 2.05) is 6.20 Å². The zero-order valence-electron chi connectivity index (χ0n) is 9.31. The van der Waals surface area contributed by atoms with Gasteiger partial charge in [0, 0.05) is 12.2 Å². The summed E-state index contributed by atoms with van der Waals surface area (Å²) in [6.07, 6.45) is 5.95. The smallest absolute Gasteiger partial charge is 0.137 e. The van der Waals surface area contributed by atoms with Gasteiger partial charge in [0.25, 0.3) is 0 Å². The van der Waals surface area contributed by atoms with Crippen LogP contribution in [0.3, 0.4) is 0 Å². The van der Waals surface area contributed by atoms with Crippen molar-refractivity contribution in [1.82, 2.24) is 4.98 Å². The van der Waals surface area contributed by atoms with Gasteiger partial charge in [-0.15, -0.1) is 0 Å². The summed E-state index contributed by atoms with van der Waals surface area (Å²) >= 11 is 0. The van der Waals surface area contributed by atoms with Gasteiger partial charge < -0.3 is 10.5 Å². The van der Waals surface area contributed by atoms with Crippen molar-refractivity contribution in [3.05, 3.63) is 24.0 Å². The largest absolute Gasteiger partial charge is 0.495 e. The summed E-state index contributed by atoms with van der Waals surface area (Å²) in [5.74, 6) is 1.92. The molecular weight excluding hydrogens is 188 g/mol. The lowest BCUT2D eigenvalue weighted by atomic mass is 9.90. The van der Waals surface area contributed by atoms with Crippen LogP contribution in [0.4, 0.5) is 0 Å². The molecular formula is C12H18N2O. The fraction of sp³-hybridized carbons (Fsp3) is 0.583. The van der Waals surface area contributed by atoms with E-state index in [0.717, 1.165) is 18.6 Å². The molecule has 0 spiro atoms. The summed E-state index contributed by atoms with van der Waals surface area (Å²) in [7, 11) is 1.67. The van der Waals surface area contributed by atoms with Gasteiger partial charge in [-0.1, -0.05) is 6.92 Å². The van der Waals surface area contributed by atoms with E-state index in [2.05, 4.69) is 18.0 Å². The molecule has 2 N–H and O–H groups in total. The van der Waals surface area contributed by atoms with Gasteiger partial charge in [-0.3, -0.25) is 4.98 Å². The van der Waals surface area contributed by atoms with E-state index < -0.39 is 0 Å². The monoisotopic (exact) mass is 206 g/mol. The standard InChI is InChI=1S/C12H18N2O/c1-8-11(3-4-12(8)13)9-5-10(15-2)7-14-6-9/h5-8,11-12H,3-4,13H2,1-2H3. The van der Waals surface area contributed by atoms with E-state index in [4.69, 9.17) is 10.5 Å². The number of methoxy groups -OCH3 is 1. The lowest BCUT2D eigenvalue weighted by Crippen LogP contribution is -2.24. The molecule has 0 aliphatic heterocycles. The third kappa shape index (κ3) is 1.97. The predicted molar refractivity (Wildman–Crippen MR) is 59.9 cm³/mol. The highest BCUT2D eigenvalue weighted by Gasteiger charge is 2.31. The number of rotatable bonds is 2. The minimum Gasteiger partial charge on any atom is -0.495 e. The number of nitrogens with two attached hydrogens (primary N) is 1. The molecule has 0 saturated heterocycles. The molecule has 15 heavy (non-hydrogen) atoms. The molecule has 1 aromatic rings. The Balaban J connectivity index is 2.22. The van der Waals surface area contributed by atoms with Gasteiger partial charge in [0.1, 0.15) is 5.75 Å². The lowest BCUT2D eigenvalue weighted by molar-refractivity contribution is 0.410. The first kappa shape index (κ1) is 10.4. The van der Waals surface area contributed by atoms with Gasteiger partial charge in [-0.05, 0) is 36.3 Å². The van der Waals surface area contributed by atoms with Crippen molar-refractivity contribution in [1.29, 1.82) is 0 Å². The quantitative estimate of drug-likeness (QED) is 0.804. The molecule has 1 heterocycles. The minimum absolute atomic E-state index is 0.334. The number of hydrogen-bond acceptors (Lipinski definition) is 3. The van der Waals surface area contributed by atoms with Crippen molar-refractivity contribution in [3.63, 3.8) is 0 Å². The first-order chi connectivity index (χ1) is 7.22. The van der Waals surface area contributed by atoms with Crippen LogP contribution >= 0.6 is 0 Å². The van der Waals surface area contributed by atoms with Gasteiger partial charge in [0.05, 0.1) is 13.3 Å². The summed E-state index contributed by atoms with van der Waals surface area (Å²) in [5, 5.41) is 0. The molecule has 0 aromatic carbocycles. The molecule has 1 fully saturated rings. The first-order valence-electron chi connectivity index (χ1n) is 5.47. The summed E-state index contributed by atoms with van der Waals surface area (Å²) in [5.41, 5.74) is 7.28. The van der Waals surface area contributed by atoms with Crippen molar-refractivity contribution < 1.29 is 4.74 Å². The summed E-state index contributed by atoms with van der Waals surface area (Å²) in [6, 6.07) is 2.41. The number of hydrogen-bond donors (Lipinski definition) is 1. The molecule has 1 aliphatic rings. The van der Waals surface area contributed by atoms with Crippen LogP contribution in [0.2, 0.25) is 0 Å². The fourth-order valence-electron chi connectivity index (χ4n) is 2.42. The van der Waals surface area contributed by atoms with Gasteiger partial charge in [0.2, 0.25) is 0 Å². The van der Waals surface area contributed by atoms with E-state index >= 15 is 0 Å². The molecule has 3 unspecified atom stereocenters. The zero-order chi connectivity index (χ0) is 10.8. The fourth-order valence-corrected chi connectivity index (χ4v) is 2.42. The van der Waals surface area contributed by atoms with Crippen molar-refractivity contribution in [2.75, 3.05) is 7.11 Å². The van der Waals surface area contributed by atoms with E-state index in [1.165, 1.54) is 5.56 Å². The molecule has 0 amide bonds. The molecule has 0 bridgehead atoms. The van der Waals surface area contributed by atoms with Crippen LogP contribution in [-0.4, -0.2) is 18.1 Å². The molecule has 2 rings (SSSR count). The highest BCUT2D eigenvalue weighted by atomic mass is 16.5. The maximum atomic E-state index is 6.02. The second kappa shape index (κ2) is 4.19. The van der Waals surface area contributed by atoms with E-state index in [-0.39, 0.29) is 0 Å². The molecule has 1 aliphatic carbocycles. The zero-order valence-corrected chi connectivity index (χ0v) is 9.31. The van der Waals surface area contributed by atoms with Crippen LogP contribution in [0.5, 0.6) is 5.75 Å². The average molecular weight is 206 g/mol. The van der Waals surface area contributed by atoms with Gasteiger partial charge in [0.15, 0.2) is 0 Å². The normalized spacial score (nSPS) is 30.5. The highest BCUT2D eigenvalue weighted by Crippen LogP contribution is 2.38. The Morgan fingerprint density at radius 2 is 2.20 bits per heavy atom. The van der Waals surface area contributed by atoms with E-state index in [0.29, 0.717) is 17.9 Å². The third-order valence-corrected chi connectivity index (χ3v) is 3.52. The number of ether oxygens (including phenoxy) is 1. The lowest BCUT2D eigenvalue weighted by Gasteiger charge is -2.18. The number of pyridine rings is 1. The van der Waals surface area contributed by atoms with Gasteiger partial charge in [-0.25, -0.2) is 0 Å². The van der Waals surface area contributed by atoms with Crippen LogP contribution in [0.1, 0.15) is 31.2 Å². The Kier molecular flexibility index (Phi) is 2.91. The molecule has 3 heteroatoms. The molecule has 1 aromatic heterocycles. The molecule has 3 atom stereocenters. The van der Waals surface area contributed by atoms with Crippen LogP contribution in [-0.2, 0) is 0 Å². The second-order valence-electron chi connectivity index (χ2n) is 4.36. The highest BCUT2D eigenvalue weighted by molar-refractivity contribution is 5.27. The van der Waals surface area contributed by atoms with Crippen molar-refractivity contribution in [2.24, 2.45) is 11.7 Å². The summed E-state index contributed by atoms with van der Waals surface area (Å²) < 4.78 is 5.18. The number of nitrogens with zero attached hydrogens (tertiary/aromatic N) is 1. The number of aromatic nitrogens is 1. The molecule has 82 valence electrons. The van der Waals surface area contributed by atoms with Crippen molar-refractivity contribution >= 4 is 0 Å². The van der Waals surface area contributed by atoms with E-state index in [1.54, 1.807) is 13.3 Å². The Morgan fingerprint density at radius 3 is 2.80 bits per heavy atom. The topological polar surface area (TPSA) is 48.1 Å². The van der Waals surface area contributed by atoms with Crippen LogP contribution < -0.4 is 10.5 Å². The van der Waals surface area contributed by atoms with Crippen LogP contribution in [0.15, 0.2) is 18.5 Å². The molecule has 0 radical (unpaired) electrons. The second-order valence-corrected chi connectivity index (χ2v) is 4.36. The minimum atomic E-state index is 0.334. The summed E-state index contributed by atoms with van der Waals surface area (Å²) in [6.45, 7) is 2.22. The Morgan fingerprint density at radius 1 is 1.40 bits per heavy atom. The van der Waals surface area contributed by atoms with E-state index in [9.17, 15) is 0 Å². The predicted octanol–water partition coefficient (Wildman–Crippen LogP) is 1.93. The third-order valence-electron chi connectivity index (χ3n) is 3.52. The Labute approximate surface area is 90.7 Å². The van der Waals surface area contributed by atoms with Gasteiger partial charge >= 0.3 is 0 Å². The first-order valence-corrected chi connectivity index (χ1v) is 5.47. The van der Waals surface area contributed by atoms with Crippen LogP contribution in [0.25, 0.3) is 0 Å².